The summed E-state index contributed by atoms with van der Waals surface area (Å²) in [5.74, 6) is 1.26. The Labute approximate surface area is 195 Å². The van der Waals surface area contributed by atoms with Crippen molar-refractivity contribution in [2.45, 2.75) is 0 Å². The monoisotopic (exact) mass is 454 g/mol. The number of methoxy groups -OCH3 is 2. The van der Waals surface area contributed by atoms with Gasteiger partial charge in [-0.25, -0.2) is 5.10 Å². The maximum Gasteiger partial charge on any atom is 0.212 e. The molecule has 2 heterocycles. The highest BCUT2D eigenvalue weighted by Crippen LogP contribution is 2.38. The molecule has 0 aliphatic rings. The van der Waals surface area contributed by atoms with Gasteiger partial charge in [0.15, 0.2) is 17.3 Å². The van der Waals surface area contributed by atoms with Crippen molar-refractivity contribution in [1.29, 1.82) is 0 Å². The van der Waals surface area contributed by atoms with Crippen LogP contribution in [0.4, 0.5) is 5.69 Å². The first-order valence-corrected chi connectivity index (χ1v) is 10.6. The van der Waals surface area contributed by atoms with Crippen molar-refractivity contribution in [2.75, 3.05) is 33.2 Å². The normalized spacial score (nSPS) is 11.1. The van der Waals surface area contributed by atoms with E-state index >= 15 is 0 Å². The lowest BCUT2D eigenvalue weighted by Gasteiger charge is -2.18. The Morgan fingerprint density at radius 2 is 1.62 bits per heavy atom. The predicted octanol–water partition coefficient (Wildman–Crippen LogP) is 3.88. The van der Waals surface area contributed by atoms with E-state index in [0.29, 0.717) is 44.9 Å². The number of tetrazole rings is 1. The molecule has 34 heavy (non-hydrogen) atoms. The van der Waals surface area contributed by atoms with Crippen LogP contribution in [0.5, 0.6) is 11.5 Å². The number of aromatic amines is 1. The Morgan fingerprint density at radius 1 is 0.912 bits per heavy atom. The van der Waals surface area contributed by atoms with E-state index in [0.717, 1.165) is 16.5 Å². The summed E-state index contributed by atoms with van der Waals surface area (Å²) in [6, 6.07) is 15.2. The Balaban J connectivity index is 1.77. The number of benzene rings is 3. The Kier molecular flexibility index (Phi) is 5.29. The number of hydrogen-bond donors (Lipinski definition) is 1. The summed E-state index contributed by atoms with van der Waals surface area (Å²) in [4.78, 5) is 20.5. The highest BCUT2D eigenvalue weighted by atomic mass is 16.5. The molecule has 0 spiro atoms. The number of ketones is 1. The van der Waals surface area contributed by atoms with Crippen molar-refractivity contribution in [3.63, 3.8) is 0 Å². The van der Waals surface area contributed by atoms with Crippen molar-refractivity contribution in [1.82, 2.24) is 25.6 Å². The molecule has 0 saturated heterocycles. The molecule has 1 N–H and O–H groups in total. The SMILES string of the molecule is COc1cc2c(-c3nnn[nH]3)cnc(C(=O)c3ccc(N(C)C)c4ccccc34)c2cc1OC. The molecule has 0 unspecified atom stereocenters. The number of anilines is 1. The molecule has 3 aromatic carbocycles. The van der Waals surface area contributed by atoms with Crippen molar-refractivity contribution >= 4 is 33.0 Å². The van der Waals surface area contributed by atoms with Gasteiger partial charge < -0.3 is 14.4 Å². The van der Waals surface area contributed by atoms with Crippen LogP contribution in [0, 0.1) is 0 Å². The van der Waals surface area contributed by atoms with E-state index in [2.05, 4.69) is 25.6 Å². The van der Waals surface area contributed by atoms with Crippen LogP contribution in [0.3, 0.4) is 0 Å². The fourth-order valence-electron chi connectivity index (χ4n) is 4.21. The van der Waals surface area contributed by atoms with Gasteiger partial charge in [0.25, 0.3) is 0 Å². The van der Waals surface area contributed by atoms with Gasteiger partial charge in [0, 0.05) is 53.3 Å². The summed E-state index contributed by atoms with van der Waals surface area (Å²) >= 11 is 0. The van der Waals surface area contributed by atoms with E-state index in [1.807, 2.05) is 55.4 Å². The maximum atomic E-state index is 13.9. The number of H-pyrrole nitrogens is 1. The highest BCUT2D eigenvalue weighted by Gasteiger charge is 2.22. The zero-order chi connectivity index (χ0) is 23.8. The molecular weight excluding hydrogens is 432 g/mol. The molecule has 9 nitrogen and oxygen atoms in total. The number of aromatic nitrogens is 5. The van der Waals surface area contributed by atoms with Gasteiger partial charge in [-0.3, -0.25) is 9.78 Å². The van der Waals surface area contributed by atoms with Crippen LogP contribution in [0.25, 0.3) is 32.9 Å². The van der Waals surface area contributed by atoms with Crippen LogP contribution >= 0.6 is 0 Å². The molecule has 0 aliphatic heterocycles. The molecular formula is C25H22N6O3. The number of hydrogen-bond acceptors (Lipinski definition) is 8. The molecule has 0 aliphatic carbocycles. The molecule has 0 fully saturated rings. The molecule has 9 heteroatoms. The van der Waals surface area contributed by atoms with E-state index in [4.69, 9.17) is 9.47 Å². The van der Waals surface area contributed by atoms with Crippen molar-refractivity contribution < 1.29 is 14.3 Å². The van der Waals surface area contributed by atoms with E-state index in [1.54, 1.807) is 32.5 Å². The average molecular weight is 454 g/mol. The number of carbonyl (C=O) groups excluding carboxylic acids is 1. The first-order chi connectivity index (χ1) is 16.5. The van der Waals surface area contributed by atoms with Gasteiger partial charge in [-0.1, -0.05) is 24.3 Å². The van der Waals surface area contributed by atoms with Crippen LogP contribution in [-0.2, 0) is 0 Å². The van der Waals surface area contributed by atoms with Crippen LogP contribution in [0.1, 0.15) is 16.1 Å². The number of nitrogens with one attached hydrogen (secondary N) is 1. The molecule has 0 bridgehead atoms. The smallest absolute Gasteiger partial charge is 0.212 e. The second kappa shape index (κ2) is 8.43. The fourth-order valence-corrected chi connectivity index (χ4v) is 4.21. The molecule has 0 radical (unpaired) electrons. The summed E-state index contributed by atoms with van der Waals surface area (Å²) in [5, 5.41) is 17.3. The zero-order valence-electron chi connectivity index (χ0n) is 19.2. The van der Waals surface area contributed by atoms with Crippen LogP contribution in [0.15, 0.2) is 54.7 Å². The largest absolute Gasteiger partial charge is 0.493 e. The molecule has 5 aromatic rings. The zero-order valence-corrected chi connectivity index (χ0v) is 19.2. The molecule has 2 aromatic heterocycles. The van der Waals surface area contributed by atoms with Crippen LogP contribution in [0.2, 0.25) is 0 Å². The summed E-state index contributed by atoms with van der Waals surface area (Å²) in [5.41, 5.74) is 2.55. The number of nitrogens with zero attached hydrogens (tertiary/aromatic N) is 5. The van der Waals surface area contributed by atoms with E-state index in [-0.39, 0.29) is 5.78 Å². The predicted molar refractivity (Wildman–Crippen MR) is 130 cm³/mol. The lowest BCUT2D eigenvalue weighted by Crippen LogP contribution is -2.11. The Bertz CT molecular complexity index is 1530. The van der Waals surface area contributed by atoms with E-state index in [1.165, 1.54) is 0 Å². The van der Waals surface area contributed by atoms with Gasteiger partial charge in [0.2, 0.25) is 5.78 Å². The van der Waals surface area contributed by atoms with Gasteiger partial charge in [0.1, 0.15) is 5.69 Å². The molecule has 170 valence electrons. The molecule has 5 rings (SSSR count). The minimum Gasteiger partial charge on any atom is -0.493 e. The first-order valence-electron chi connectivity index (χ1n) is 10.6. The Morgan fingerprint density at radius 3 is 2.26 bits per heavy atom. The molecule has 0 saturated carbocycles. The van der Waals surface area contributed by atoms with Gasteiger partial charge >= 0.3 is 0 Å². The third kappa shape index (κ3) is 3.38. The number of rotatable bonds is 6. The maximum absolute atomic E-state index is 13.9. The van der Waals surface area contributed by atoms with Crippen molar-refractivity contribution in [2.24, 2.45) is 0 Å². The summed E-state index contributed by atoms with van der Waals surface area (Å²) in [6.07, 6.45) is 1.60. The van der Waals surface area contributed by atoms with Gasteiger partial charge in [-0.15, -0.1) is 5.10 Å². The van der Waals surface area contributed by atoms with E-state index in [9.17, 15) is 4.79 Å². The number of fused-ring (bicyclic) bond motifs is 2. The van der Waals surface area contributed by atoms with Gasteiger partial charge in [0.05, 0.1) is 14.2 Å². The highest BCUT2D eigenvalue weighted by molar-refractivity contribution is 6.22. The number of pyridine rings is 1. The standard InChI is InChI=1S/C25H22N6O3/c1-31(2)20-10-9-16(14-7-5-6-8-15(14)20)24(32)23-18-12-22(34-4)21(33-3)11-17(18)19(13-26-23)25-27-29-30-28-25/h5-13H,1-4H3,(H,27,28,29,30). The first kappa shape index (κ1) is 21.3. The van der Waals surface area contributed by atoms with Gasteiger partial charge in [-0.2, -0.15) is 0 Å². The number of carbonyl (C=O) groups is 1. The van der Waals surface area contributed by atoms with E-state index < -0.39 is 0 Å². The third-order valence-electron chi connectivity index (χ3n) is 5.83. The van der Waals surface area contributed by atoms with Crippen LogP contribution in [-0.4, -0.2) is 59.7 Å². The summed E-state index contributed by atoms with van der Waals surface area (Å²) in [6.45, 7) is 0. The average Bonchev–Trinajstić information content (AvgIpc) is 3.40. The quantitative estimate of drug-likeness (QED) is 0.385. The van der Waals surface area contributed by atoms with Crippen molar-refractivity contribution in [3.05, 3.63) is 66.0 Å². The van der Waals surface area contributed by atoms with Crippen molar-refractivity contribution in [3.8, 4) is 22.9 Å². The topological polar surface area (TPSA) is 106 Å². The van der Waals surface area contributed by atoms with Gasteiger partial charge in [-0.05, 0) is 40.1 Å². The second-order valence-corrected chi connectivity index (χ2v) is 7.92. The Hall–Kier alpha value is -4.53. The summed E-state index contributed by atoms with van der Waals surface area (Å²) < 4.78 is 11.0. The van der Waals surface area contributed by atoms with Crippen LogP contribution < -0.4 is 14.4 Å². The molecule has 0 amide bonds. The fraction of sp³-hybridized carbons (Fsp3) is 0.160. The third-order valence-corrected chi connectivity index (χ3v) is 5.83. The lowest BCUT2D eigenvalue weighted by molar-refractivity contribution is 0.103. The lowest BCUT2D eigenvalue weighted by atomic mass is 9.95. The minimum absolute atomic E-state index is 0.194. The second-order valence-electron chi connectivity index (χ2n) is 7.92. The molecule has 0 atom stereocenters. The minimum atomic E-state index is -0.194. The number of ether oxygens (including phenoxy) is 2. The summed E-state index contributed by atoms with van der Waals surface area (Å²) in [7, 11) is 7.07.